The van der Waals surface area contributed by atoms with Gasteiger partial charge in [0.2, 0.25) is 0 Å². The highest BCUT2D eigenvalue weighted by atomic mass is 19.1. The number of rotatable bonds is 4. The molecule has 0 bridgehead atoms. The number of nitrogens with one attached hydrogen (secondary N) is 1. The van der Waals surface area contributed by atoms with Gasteiger partial charge in [0.25, 0.3) is 5.91 Å². The van der Waals surface area contributed by atoms with Crippen LogP contribution in [0, 0.1) is 17.7 Å². The summed E-state index contributed by atoms with van der Waals surface area (Å²) in [6.07, 6.45) is 3.66. The van der Waals surface area contributed by atoms with Gasteiger partial charge in [0, 0.05) is 51.4 Å². The number of carbonyl (C=O) groups excluding carboxylic acids is 2. The van der Waals surface area contributed by atoms with E-state index in [1.54, 1.807) is 31.6 Å². The molecule has 10 heteroatoms. The van der Waals surface area contributed by atoms with Gasteiger partial charge in [0.05, 0.1) is 17.4 Å². The number of hydrogen-bond acceptors (Lipinski definition) is 6. The van der Waals surface area contributed by atoms with Gasteiger partial charge in [-0.15, -0.1) is 0 Å². The Kier molecular flexibility index (Phi) is 8.10. The molecule has 2 aliphatic heterocycles. The second-order valence-electron chi connectivity index (χ2n) is 11.1. The third-order valence-corrected chi connectivity index (χ3v) is 7.62. The summed E-state index contributed by atoms with van der Waals surface area (Å²) in [7, 11) is 3.79. The first-order valence-corrected chi connectivity index (χ1v) is 13.7. The van der Waals surface area contributed by atoms with E-state index in [0.717, 1.165) is 47.6 Å². The van der Waals surface area contributed by atoms with E-state index in [9.17, 15) is 14.0 Å². The van der Waals surface area contributed by atoms with E-state index in [4.69, 9.17) is 4.74 Å². The number of anilines is 1. The molecule has 0 saturated carbocycles. The summed E-state index contributed by atoms with van der Waals surface area (Å²) in [4.78, 5) is 32.5. The zero-order chi connectivity index (χ0) is 29.1. The SMILES string of the molecule is CN1CCN(C(C)(C)C#Cc2ccc3c(c2)N(C)C(=O)[C@H](NC(=O)n2cc(Cc4ccc(F)cc4)cn2)CO3)CC1. The molecule has 2 aliphatic rings. The minimum absolute atomic E-state index is 0.0208. The molecular weight excluding hydrogens is 523 g/mol. The van der Waals surface area contributed by atoms with Gasteiger partial charge in [-0.05, 0) is 62.4 Å². The summed E-state index contributed by atoms with van der Waals surface area (Å²) in [5, 5.41) is 6.87. The highest BCUT2D eigenvalue weighted by Crippen LogP contribution is 2.31. The lowest BCUT2D eigenvalue weighted by Crippen LogP contribution is -2.53. The van der Waals surface area contributed by atoms with E-state index in [1.807, 2.05) is 18.2 Å². The lowest BCUT2D eigenvalue weighted by atomic mass is 10.0. The van der Waals surface area contributed by atoms with Gasteiger partial charge >= 0.3 is 6.03 Å². The Bertz CT molecular complexity index is 1480. The molecule has 1 aromatic heterocycles. The number of hydrogen-bond donors (Lipinski definition) is 1. The summed E-state index contributed by atoms with van der Waals surface area (Å²) in [5.74, 6) is 6.63. The molecule has 3 aromatic rings. The molecule has 1 N–H and O–H groups in total. The average Bonchev–Trinajstić information content (AvgIpc) is 3.39. The topological polar surface area (TPSA) is 82.9 Å². The molecule has 1 atom stereocenters. The Morgan fingerprint density at radius 1 is 1.10 bits per heavy atom. The molecule has 1 saturated heterocycles. The number of fused-ring (bicyclic) bond motifs is 1. The van der Waals surface area contributed by atoms with Gasteiger partial charge in [-0.3, -0.25) is 9.69 Å². The lowest BCUT2D eigenvalue weighted by Gasteiger charge is -2.40. The zero-order valence-corrected chi connectivity index (χ0v) is 23.9. The minimum Gasteiger partial charge on any atom is -0.489 e. The molecule has 0 radical (unpaired) electrons. The van der Waals surface area contributed by atoms with E-state index in [0.29, 0.717) is 17.9 Å². The quantitative estimate of drug-likeness (QED) is 0.496. The van der Waals surface area contributed by atoms with Crippen LogP contribution < -0.4 is 15.0 Å². The number of halogens is 1. The second-order valence-corrected chi connectivity index (χ2v) is 11.1. The molecule has 9 nitrogen and oxygen atoms in total. The van der Waals surface area contributed by atoms with Crippen molar-refractivity contribution in [3.8, 4) is 17.6 Å². The van der Waals surface area contributed by atoms with Crippen LogP contribution in [0.4, 0.5) is 14.9 Å². The normalized spacial score (nSPS) is 18.1. The van der Waals surface area contributed by atoms with Crippen molar-refractivity contribution in [2.45, 2.75) is 31.8 Å². The summed E-state index contributed by atoms with van der Waals surface area (Å²) in [6.45, 7) is 8.21. The van der Waals surface area contributed by atoms with Crippen LogP contribution in [-0.4, -0.2) is 90.0 Å². The minimum atomic E-state index is -0.907. The van der Waals surface area contributed by atoms with E-state index in [-0.39, 0.29) is 23.9 Å². The van der Waals surface area contributed by atoms with Crippen molar-refractivity contribution in [1.29, 1.82) is 0 Å². The van der Waals surface area contributed by atoms with Crippen molar-refractivity contribution in [2.75, 3.05) is 51.8 Å². The second kappa shape index (κ2) is 11.7. The highest BCUT2D eigenvalue weighted by Gasteiger charge is 2.31. The summed E-state index contributed by atoms with van der Waals surface area (Å²) in [6, 6.07) is 10.2. The van der Waals surface area contributed by atoms with Crippen molar-refractivity contribution < 1.29 is 18.7 Å². The molecule has 2 amide bonds. The van der Waals surface area contributed by atoms with Crippen molar-refractivity contribution in [3.63, 3.8) is 0 Å². The monoisotopic (exact) mass is 558 g/mol. The number of piperazine rings is 1. The standard InChI is InChI=1S/C31H35FN6O3/c1-31(2,37-15-13-35(3)14-16-37)12-11-23-7-10-28-27(18-23)36(4)29(39)26(21-41-28)34-30(40)38-20-24(19-33-38)17-22-5-8-25(32)9-6-22/h5-10,18-20,26H,13-17,21H2,1-4H3,(H,34,40)/t26-/m1/s1. The average molecular weight is 559 g/mol. The van der Waals surface area contributed by atoms with Crippen LogP contribution in [0.25, 0.3) is 0 Å². The fourth-order valence-corrected chi connectivity index (χ4v) is 4.96. The van der Waals surface area contributed by atoms with Crippen molar-refractivity contribution in [1.82, 2.24) is 24.9 Å². The van der Waals surface area contributed by atoms with E-state index in [1.165, 1.54) is 17.0 Å². The lowest BCUT2D eigenvalue weighted by molar-refractivity contribution is -0.120. The Morgan fingerprint density at radius 3 is 2.56 bits per heavy atom. The number of amides is 2. The molecular formula is C31H35FN6O3. The zero-order valence-electron chi connectivity index (χ0n) is 23.9. The third kappa shape index (κ3) is 6.59. The maximum atomic E-state index is 13.3. The summed E-state index contributed by atoms with van der Waals surface area (Å²) >= 11 is 0. The maximum absolute atomic E-state index is 13.3. The Labute approximate surface area is 239 Å². The van der Waals surface area contributed by atoms with Gasteiger partial charge in [-0.2, -0.15) is 9.78 Å². The molecule has 0 spiro atoms. The van der Waals surface area contributed by atoms with Crippen LogP contribution in [-0.2, 0) is 11.2 Å². The molecule has 1 fully saturated rings. The van der Waals surface area contributed by atoms with Crippen LogP contribution in [0.15, 0.2) is 54.9 Å². The van der Waals surface area contributed by atoms with Gasteiger partial charge in [0.15, 0.2) is 0 Å². The first-order valence-electron chi connectivity index (χ1n) is 13.7. The Balaban J connectivity index is 1.24. The molecule has 5 rings (SSSR count). The smallest absolute Gasteiger partial charge is 0.342 e. The fraction of sp³-hybridized carbons (Fsp3) is 0.387. The molecule has 0 aliphatic carbocycles. The van der Waals surface area contributed by atoms with Crippen molar-refractivity contribution in [2.24, 2.45) is 0 Å². The highest BCUT2D eigenvalue weighted by molar-refractivity contribution is 6.00. The molecule has 41 heavy (non-hydrogen) atoms. The Morgan fingerprint density at radius 2 is 1.83 bits per heavy atom. The molecule has 2 aromatic carbocycles. The number of likely N-dealkylation sites (N-methyl/N-ethyl adjacent to an activating group) is 2. The predicted molar refractivity (Wildman–Crippen MR) is 155 cm³/mol. The van der Waals surface area contributed by atoms with Gasteiger partial charge in [-0.25, -0.2) is 9.18 Å². The predicted octanol–water partition coefficient (Wildman–Crippen LogP) is 2.97. The van der Waals surface area contributed by atoms with Crippen LogP contribution in [0.3, 0.4) is 0 Å². The van der Waals surface area contributed by atoms with Crippen LogP contribution in [0.5, 0.6) is 5.75 Å². The molecule has 0 unspecified atom stereocenters. The summed E-state index contributed by atoms with van der Waals surface area (Å²) < 4.78 is 20.3. The van der Waals surface area contributed by atoms with Gasteiger partial charge in [0.1, 0.15) is 24.2 Å². The third-order valence-electron chi connectivity index (χ3n) is 7.62. The van der Waals surface area contributed by atoms with Crippen molar-refractivity contribution in [3.05, 3.63) is 77.4 Å². The number of ether oxygens (including phenoxy) is 1. The number of aromatic nitrogens is 2. The molecule has 214 valence electrons. The number of nitrogens with zero attached hydrogens (tertiary/aromatic N) is 5. The summed E-state index contributed by atoms with van der Waals surface area (Å²) in [5.41, 5.74) is 2.76. The largest absolute Gasteiger partial charge is 0.489 e. The Hall–Kier alpha value is -4.20. The number of carbonyl (C=O) groups is 2. The maximum Gasteiger partial charge on any atom is 0.342 e. The van der Waals surface area contributed by atoms with E-state index >= 15 is 0 Å². The van der Waals surface area contributed by atoms with Gasteiger partial charge < -0.3 is 19.9 Å². The van der Waals surface area contributed by atoms with Crippen LogP contribution in [0.2, 0.25) is 0 Å². The van der Waals surface area contributed by atoms with Crippen LogP contribution >= 0.6 is 0 Å². The number of benzene rings is 2. The van der Waals surface area contributed by atoms with Crippen molar-refractivity contribution >= 4 is 17.6 Å². The van der Waals surface area contributed by atoms with E-state index < -0.39 is 12.1 Å². The molecule has 3 heterocycles. The van der Waals surface area contributed by atoms with Crippen LogP contribution in [0.1, 0.15) is 30.5 Å². The van der Waals surface area contributed by atoms with E-state index in [2.05, 4.69) is 53.0 Å². The fourth-order valence-electron chi connectivity index (χ4n) is 4.96. The first kappa shape index (κ1) is 28.3. The first-order chi connectivity index (χ1) is 19.6. The van der Waals surface area contributed by atoms with Gasteiger partial charge in [-0.1, -0.05) is 24.0 Å².